The van der Waals surface area contributed by atoms with Crippen LogP contribution in [0.25, 0.3) is 0 Å². The summed E-state index contributed by atoms with van der Waals surface area (Å²) in [6.45, 7) is 12.2. The van der Waals surface area contributed by atoms with Crippen molar-refractivity contribution in [3.8, 4) is 0 Å². The first kappa shape index (κ1) is 9.47. The van der Waals surface area contributed by atoms with Crippen LogP contribution in [0.4, 0.5) is 0 Å². The second-order valence-corrected chi connectivity index (χ2v) is 5.80. The number of morpholine rings is 1. The highest BCUT2D eigenvalue weighted by Crippen LogP contribution is 2.63. The third-order valence-corrected chi connectivity index (χ3v) is 4.07. The van der Waals surface area contributed by atoms with Crippen molar-refractivity contribution in [2.75, 3.05) is 19.7 Å². The second-order valence-electron chi connectivity index (χ2n) is 5.80. The zero-order valence-electron chi connectivity index (χ0n) is 9.24. The number of hydrogen-bond donors (Lipinski definition) is 1. The van der Waals surface area contributed by atoms with Gasteiger partial charge in [0.1, 0.15) is 0 Å². The molecule has 2 fully saturated rings. The summed E-state index contributed by atoms with van der Waals surface area (Å²) in [6, 6.07) is 0. The highest BCUT2D eigenvalue weighted by Gasteiger charge is 2.66. The molecule has 2 aliphatic rings. The summed E-state index contributed by atoms with van der Waals surface area (Å²) in [4.78, 5) is 0. The quantitative estimate of drug-likeness (QED) is 0.618. The lowest BCUT2D eigenvalue weighted by Gasteiger charge is -2.68. The van der Waals surface area contributed by atoms with E-state index < -0.39 is 0 Å². The van der Waals surface area contributed by atoms with Crippen molar-refractivity contribution in [3.05, 3.63) is 0 Å². The van der Waals surface area contributed by atoms with Gasteiger partial charge >= 0.3 is 0 Å². The van der Waals surface area contributed by atoms with E-state index >= 15 is 0 Å². The maximum Gasteiger partial charge on any atom is 0.0908 e. The summed E-state index contributed by atoms with van der Waals surface area (Å²) in [7, 11) is 0. The van der Waals surface area contributed by atoms with Gasteiger partial charge in [-0.3, -0.25) is 0 Å². The summed E-state index contributed by atoms with van der Waals surface area (Å²) in [5.74, 6) is 0. The van der Waals surface area contributed by atoms with E-state index in [4.69, 9.17) is 4.74 Å². The zero-order chi connectivity index (χ0) is 9.74. The lowest BCUT2D eigenvalue weighted by molar-refractivity contribution is -0.281. The molecule has 2 heteroatoms. The Morgan fingerprint density at radius 3 is 2.00 bits per heavy atom. The fourth-order valence-electron chi connectivity index (χ4n) is 3.68. The molecule has 0 unspecified atom stereocenters. The van der Waals surface area contributed by atoms with Crippen LogP contribution in [-0.2, 0) is 4.74 Å². The number of rotatable bonds is 0. The van der Waals surface area contributed by atoms with Crippen LogP contribution in [0.1, 0.15) is 34.1 Å². The molecule has 0 atom stereocenters. The summed E-state index contributed by atoms with van der Waals surface area (Å²) in [6.07, 6.45) is 1.27. The van der Waals surface area contributed by atoms with E-state index in [1.165, 1.54) is 6.42 Å². The lowest BCUT2D eigenvalue weighted by atomic mass is 9.44. The normalized spacial score (nSPS) is 34.2. The van der Waals surface area contributed by atoms with Crippen molar-refractivity contribution in [2.24, 2.45) is 10.8 Å². The van der Waals surface area contributed by atoms with E-state index in [2.05, 4.69) is 33.0 Å². The number of hydrogen-bond acceptors (Lipinski definition) is 2. The first-order valence-corrected chi connectivity index (χ1v) is 5.26. The van der Waals surface area contributed by atoms with Crippen molar-refractivity contribution >= 4 is 0 Å². The summed E-state index contributed by atoms with van der Waals surface area (Å²) >= 11 is 0. The molecule has 1 spiro atoms. The fourth-order valence-corrected chi connectivity index (χ4v) is 3.68. The van der Waals surface area contributed by atoms with E-state index in [0.717, 1.165) is 19.7 Å². The van der Waals surface area contributed by atoms with Crippen molar-refractivity contribution in [1.82, 2.24) is 5.32 Å². The minimum absolute atomic E-state index is 0.0816. The molecular weight excluding hydrogens is 162 g/mol. The maximum atomic E-state index is 6.07. The molecule has 0 aromatic carbocycles. The average Bonchev–Trinajstić information content (AvgIpc) is 2.03. The Labute approximate surface area is 81.0 Å². The third-order valence-electron chi connectivity index (χ3n) is 4.07. The Hall–Kier alpha value is -0.0800. The van der Waals surface area contributed by atoms with Gasteiger partial charge in [0.15, 0.2) is 0 Å². The van der Waals surface area contributed by atoms with Crippen molar-refractivity contribution in [3.63, 3.8) is 0 Å². The minimum Gasteiger partial charge on any atom is -0.371 e. The highest BCUT2D eigenvalue weighted by atomic mass is 16.5. The predicted octanol–water partition coefficient (Wildman–Crippen LogP) is 1.80. The van der Waals surface area contributed by atoms with Gasteiger partial charge in [-0.15, -0.1) is 0 Å². The van der Waals surface area contributed by atoms with Crippen LogP contribution in [0.3, 0.4) is 0 Å². The molecule has 0 bridgehead atoms. The van der Waals surface area contributed by atoms with E-state index in [1.54, 1.807) is 0 Å². The molecule has 76 valence electrons. The standard InChI is InChI=1S/C11H21NO/c1-9(2)7-10(3,4)11(9)8-12-5-6-13-11/h12H,5-8H2,1-4H3. The van der Waals surface area contributed by atoms with Gasteiger partial charge in [0.05, 0.1) is 12.2 Å². The molecule has 1 N–H and O–H groups in total. The van der Waals surface area contributed by atoms with E-state index in [9.17, 15) is 0 Å². The summed E-state index contributed by atoms with van der Waals surface area (Å²) < 4.78 is 6.07. The van der Waals surface area contributed by atoms with Gasteiger partial charge in [-0.2, -0.15) is 0 Å². The van der Waals surface area contributed by atoms with Crippen molar-refractivity contribution < 1.29 is 4.74 Å². The van der Waals surface area contributed by atoms with Crippen LogP contribution in [-0.4, -0.2) is 25.3 Å². The molecule has 0 aromatic rings. The van der Waals surface area contributed by atoms with Gasteiger partial charge in [0.2, 0.25) is 0 Å². The smallest absolute Gasteiger partial charge is 0.0908 e. The van der Waals surface area contributed by atoms with Crippen LogP contribution < -0.4 is 5.32 Å². The predicted molar refractivity (Wildman–Crippen MR) is 53.7 cm³/mol. The van der Waals surface area contributed by atoms with Gasteiger partial charge in [0.25, 0.3) is 0 Å². The molecule has 0 amide bonds. The van der Waals surface area contributed by atoms with Crippen LogP contribution in [0.5, 0.6) is 0 Å². The molecule has 1 aliphatic heterocycles. The first-order valence-electron chi connectivity index (χ1n) is 5.26. The van der Waals surface area contributed by atoms with Crippen LogP contribution in [0, 0.1) is 10.8 Å². The molecule has 13 heavy (non-hydrogen) atoms. The Morgan fingerprint density at radius 1 is 1.08 bits per heavy atom. The van der Waals surface area contributed by atoms with Crippen molar-refractivity contribution in [2.45, 2.75) is 39.7 Å². The van der Waals surface area contributed by atoms with E-state index in [1.807, 2.05) is 0 Å². The first-order chi connectivity index (χ1) is 5.91. The van der Waals surface area contributed by atoms with Gasteiger partial charge < -0.3 is 10.1 Å². The number of nitrogens with one attached hydrogen (secondary N) is 1. The molecule has 1 saturated heterocycles. The molecule has 2 rings (SSSR count). The monoisotopic (exact) mass is 183 g/mol. The molecule has 0 aromatic heterocycles. The maximum absolute atomic E-state index is 6.07. The largest absolute Gasteiger partial charge is 0.371 e. The van der Waals surface area contributed by atoms with Crippen LogP contribution in [0.15, 0.2) is 0 Å². The van der Waals surface area contributed by atoms with Gasteiger partial charge in [-0.25, -0.2) is 0 Å². The second kappa shape index (κ2) is 2.48. The highest BCUT2D eigenvalue weighted by molar-refractivity contribution is 5.17. The summed E-state index contributed by atoms with van der Waals surface area (Å²) in [5.41, 5.74) is 0.756. The molecule has 1 saturated carbocycles. The molecule has 0 radical (unpaired) electrons. The lowest BCUT2D eigenvalue weighted by Crippen LogP contribution is -2.74. The van der Waals surface area contributed by atoms with Gasteiger partial charge in [0, 0.05) is 13.1 Å². The molecule has 1 heterocycles. The summed E-state index contributed by atoms with van der Waals surface area (Å²) in [5, 5.41) is 3.46. The van der Waals surface area contributed by atoms with Gasteiger partial charge in [-0.1, -0.05) is 27.7 Å². The van der Waals surface area contributed by atoms with E-state index in [-0.39, 0.29) is 5.60 Å². The fraction of sp³-hybridized carbons (Fsp3) is 1.00. The Balaban J connectivity index is 2.26. The number of ether oxygens (including phenoxy) is 1. The van der Waals surface area contributed by atoms with E-state index in [0.29, 0.717) is 10.8 Å². The molecule has 2 nitrogen and oxygen atoms in total. The minimum atomic E-state index is 0.0816. The third kappa shape index (κ3) is 1.02. The molecule has 1 aliphatic carbocycles. The topological polar surface area (TPSA) is 21.3 Å². The van der Waals surface area contributed by atoms with Crippen LogP contribution >= 0.6 is 0 Å². The SMILES string of the molecule is CC1(C)CC(C)(C)C12CNCCO2. The van der Waals surface area contributed by atoms with Crippen molar-refractivity contribution in [1.29, 1.82) is 0 Å². The Bertz CT molecular complexity index is 198. The Morgan fingerprint density at radius 2 is 1.69 bits per heavy atom. The average molecular weight is 183 g/mol. The van der Waals surface area contributed by atoms with Gasteiger partial charge in [-0.05, 0) is 17.3 Å². The Kier molecular flexibility index (Phi) is 1.81. The zero-order valence-corrected chi connectivity index (χ0v) is 9.24. The molecular formula is C11H21NO. The van der Waals surface area contributed by atoms with Crippen LogP contribution in [0.2, 0.25) is 0 Å².